The first-order chi connectivity index (χ1) is 14.1. The summed E-state index contributed by atoms with van der Waals surface area (Å²) >= 11 is 6.05. The summed E-state index contributed by atoms with van der Waals surface area (Å²) in [5, 5.41) is 3.36. The van der Waals surface area contributed by atoms with E-state index in [9.17, 15) is 4.79 Å². The number of imidazole rings is 1. The number of amides is 1. The average Bonchev–Trinajstić information content (AvgIpc) is 3.08. The van der Waals surface area contributed by atoms with Gasteiger partial charge in [-0.15, -0.1) is 0 Å². The van der Waals surface area contributed by atoms with Crippen LogP contribution in [0.2, 0.25) is 5.02 Å². The van der Waals surface area contributed by atoms with E-state index in [4.69, 9.17) is 21.3 Å². The van der Waals surface area contributed by atoms with E-state index in [1.165, 1.54) is 12.8 Å². The number of nitrogens with zero attached hydrogens (tertiary/aromatic N) is 3. The fourth-order valence-corrected chi connectivity index (χ4v) is 3.81. The summed E-state index contributed by atoms with van der Waals surface area (Å²) < 4.78 is 7.78. The standard InChI is InChI=1S/C22H25ClN4O2/c1-2-3-10-26-11-12-27-19-9-8-16(13-18(19)25-21(27)14-26)24-22(28)15-29-20-7-5-4-6-17(20)23/h4-9,13H,2-3,10-12,14-15H2,1H3,(H,24,28). The summed E-state index contributed by atoms with van der Waals surface area (Å²) in [7, 11) is 0. The molecule has 3 aromatic rings. The van der Waals surface area contributed by atoms with Crippen molar-refractivity contribution in [2.24, 2.45) is 0 Å². The van der Waals surface area contributed by atoms with Crippen LogP contribution >= 0.6 is 11.6 Å². The molecule has 0 aliphatic carbocycles. The van der Waals surface area contributed by atoms with Crippen LogP contribution in [-0.4, -0.2) is 40.1 Å². The number of ether oxygens (including phenoxy) is 1. The highest BCUT2D eigenvalue weighted by molar-refractivity contribution is 6.32. The number of nitrogens with one attached hydrogen (secondary N) is 1. The van der Waals surface area contributed by atoms with Gasteiger partial charge in [0, 0.05) is 18.8 Å². The van der Waals surface area contributed by atoms with Crippen molar-refractivity contribution >= 4 is 34.2 Å². The Balaban J connectivity index is 1.41. The number of anilines is 1. The molecule has 4 rings (SSSR count). The minimum absolute atomic E-state index is 0.103. The SMILES string of the molecule is CCCCN1CCn2c(nc3cc(NC(=O)COc4ccccc4Cl)ccc32)C1. The Hall–Kier alpha value is -2.57. The van der Waals surface area contributed by atoms with Crippen molar-refractivity contribution in [2.45, 2.75) is 32.9 Å². The van der Waals surface area contributed by atoms with E-state index in [1.54, 1.807) is 12.1 Å². The zero-order valence-electron chi connectivity index (χ0n) is 16.5. The first-order valence-electron chi connectivity index (χ1n) is 10.0. The van der Waals surface area contributed by atoms with Gasteiger partial charge in [-0.2, -0.15) is 0 Å². The van der Waals surface area contributed by atoms with Crippen LogP contribution in [-0.2, 0) is 17.9 Å². The Morgan fingerprint density at radius 1 is 1.24 bits per heavy atom. The molecule has 7 heteroatoms. The second-order valence-corrected chi connectivity index (χ2v) is 7.69. The van der Waals surface area contributed by atoms with Crippen LogP contribution in [0.1, 0.15) is 25.6 Å². The molecular weight excluding hydrogens is 388 g/mol. The van der Waals surface area contributed by atoms with Crippen molar-refractivity contribution in [2.75, 3.05) is 25.0 Å². The maximum atomic E-state index is 12.3. The molecule has 1 aliphatic heterocycles. The van der Waals surface area contributed by atoms with Crippen molar-refractivity contribution in [3.05, 3.63) is 53.3 Å². The summed E-state index contributed by atoms with van der Waals surface area (Å²) in [6.07, 6.45) is 2.42. The highest BCUT2D eigenvalue weighted by Gasteiger charge is 2.20. The van der Waals surface area contributed by atoms with E-state index in [0.29, 0.717) is 16.5 Å². The first kappa shape index (κ1) is 19.7. The van der Waals surface area contributed by atoms with Gasteiger partial charge in [0.05, 0.1) is 22.6 Å². The van der Waals surface area contributed by atoms with Crippen LogP contribution in [0, 0.1) is 0 Å². The number of aromatic nitrogens is 2. The minimum Gasteiger partial charge on any atom is -0.482 e. The maximum Gasteiger partial charge on any atom is 0.262 e. The molecule has 0 atom stereocenters. The zero-order chi connectivity index (χ0) is 20.2. The monoisotopic (exact) mass is 412 g/mol. The van der Waals surface area contributed by atoms with Gasteiger partial charge in [0.25, 0.3) is 5.91 Å². The third-order valence-electron chi connectivity index (χ3n) is 5.14. The predicted molar refractivity (Wildman–Crippen MR) is 115 cm³/mol. The van der Waals surface area contributed by atoms with Gasteiger partial charge in [0.2, 0.25) is 0 Å². The number of hydrogen-bond donors (Lipinski definition) is 1. The van der Waals surface area contributed by atoms with Gasteiger partial charge in [-0.3, -0.25) is 9.69 Å². The highest BCUT2D eigenvalue weighted by Crippen LogP contribution is 2.25. The van der Waals surface area contributed by atoms with Gasteiger partial charge < -0.3 is 14.6 Å². The maximum absolute atomic E-state index is 12.3. The summed E-state index contributed by atoms with van der Waals surface area (Å²) in [5.41, 5.74) is 2.73. The molecule has 0 saturated heterocycles. The number of carbonyl (C=O) groups is 1. The molecular formula is C22H25ClN4O2. The Morgan fingerprint density at radius 3 is 2.93 bits per heavy atom. The van der Waals surface area contributed by atoms with Crippen molar-refractivity contribution < 1.29 is 9.53 Å². The molecule has 1 N–H and O–H groups in total. The van der Waals surface area contributed by atoms with Crippen molar-refractivity contribution in [1.29, 1.82) is 0 Å². The van der Waals surface area contributed by atoms with Crippen molar-refractivity contribution in [1.82, 2.24) is 14.5 Å². The van der Waals surface area contributed by atoms with Gasteiger partial charge >= 0.3 is 0 Å². The van der Waals surface area contributed by atoms with Crippen LogP contribution in [0.4, 0.5) is 5.69 Å². The molecule has 2 heterocycles. The Kier molecular flexibility index (Phi) is 6.02. The van der Waals surface area contributed by atoms with Crippen LogP contribution in [0.5, 0.6) is 5.75 Å². The van der Waals surface area contributed by atoms with Gasteiger partial charge in [-0.1, -0.05) is 37.1 Å². The van der Waals surface area contributed by atoms with Crippen LogP contribution in [0.3, 0.4) is 0 Å². The van der Waals surface area contributed by atoms with E-state index >= 15 is 0 Å². The quantitative estimate of drug-likeness (QED) is 0.627. The van der Waals surface area contributed by atoms with E-state index in [-0.39, 0.29) is 12.5 Å². The van der Waals surface area contributed by atoms with Crippen LogP contribution in [0.15, 0.2) is 42.5 Å². The number of halogens is 1. The van der Waals surface area contributed by atoms with Gasteiger partial charge in [0.1, 0.15) is 11.6 Å². The topological polar surface area (TPSA) is 59.4 Å². The molecule has 1 aromatic heterocycles. The second-order valence-electron chi connectivity index (χ2n) is 7.28. The summed E-state index contributed by atoms with van der Waals surface area (Å²) in [5.74, 6) is 1.35. The Bertz CT molecular complexity index is 1020. The third-order valence-corrected chi connectivity index (χ3v) is 5.45. The molecule has 0 unspecified atom stereocenters. The molecule has 0 radical (unpaired) electrons. The fraction of sp³-hybridized carbons (Fsp3) is 0.364. The Labute approximate surface area is 175 Å². The highest BCUT2D eigenvalue weighted by atomic mass is 35.5. The second kappa shape index (κ2) is 8.84. The molecule has 1 aliphatic rings. The number of unbranched alkanes of at least 4 members (excludes halogenated alkanes) is 1. The van der Waals surface area contributed by atoms with Crippen molar-refractivity contribution in [3.8, 4) is 5.75 Å². The van der Waals surface area contributed by atoms with Gasteiger partial charge in [0.15, 0.2) is 6.61 Å². The lowest BCUT2D eigenvalue weighted by molar-refractivity contribution is -0.118. The van der Waals surface area contributed by atoms with Crippen LogP contribution < -0.4 is 10.1 Å². The smallest absolute Gasteiger partial charge is 0.262 e. The average molecular weight is 413 g/mol. The molecule has 6 nitrogen and oxygen atoms in total. The number of carbonyl (C=O) groups excluding carboxylic acids is 1. The van der Waals surface area contributed by atoms with Gasteiger partial charge in [-0.25, -0.2) is 4.98 Å². The lowest BCUT2D eigenvalue weighted by Crippen LogP contribution is -2.34. The molecule has 2 aromatic carbocycles. The Morgan fingerprint density at radius 2 is 2.10 bits per heavy atom. The minimum atomic E-state index is -0.237. The molecule has 0 saturated carbocycles. The van der Waals surface area contributed by atoms with E-state index in [2.05, 4.69) is 21.7 Å². The summed E-state index contributed by atoms with van der Waals surface area (Å²) in [6.45, 7) is 6.11. The molecule has 0 fully saturated rings. The number of hydrogen-bond acceptors (Lipinski definition) is 4. The van der Waals surface area contributed by atoms with Crippen LogP contribution in [0.25, 0.3) is 11.0 Å². The van der Waals surface area contributed by atoms with E-state index in [0.717, 1.165) is 43.0 Å². The zero-order valence-corrected chi connectivity index (χ0v) is 17.3. The van der Waals surface area contributed by atoms with E-state index in [1.807, 2.05) is 30.3 Å². The largest absolute Gasteiger partial charge is 0.482 e. The molecule has 1 amide bonds. The normalized spacial score (nSPS) is 14.0. The van der Waals surface area contributed by atoms with Gasteiger partial charge in [-0.05, 0) is 43.3 Å². The predicted octanol–water partition coefficient (Wildman–Crippen LogP) is 4.32. The number of rotatable bonds is 7. The molecule has 0 bridgehead atoms. The molecule has 152 valence electrons. The van der Waals surface area contributed by atoms with Crippen molar-refractivity contribution in [3.63, 3.8) is 0 Å². The lowest BCUT2D eigenvalue weighted by atomic mass is 10.2. The summed E-state index contributed by atoms with van der Waals surface area (Å²) in [6, 6.07) is 13.0. The number of fused-ring (bicyclic) bond motifs is 3. The summed E-state index contributed by atoms with van der Waals surface area (Å²) in [4.78, 5) is 19.5. The molecule has 0 spiro atoms. The number of benzene rings is 2. The van der Waals surface area contributed by atoms with E-state index < -0.39 is 0 Å². The molecule has 29 heavy (non-hydrogen) atoms. The number of para-hydroxylation sites is 1. The fourth-order valence-electron chi connectivity index (χ4n) is 3.62. The third kappa shape index (κ3) is 4.54. The first-order valence-corrected chi connectivity index (χ1v) is 10.4. The lowest BCUT2D eigenvalue weighted by Gasteiger charge is -2.27.